The van der Waals surface area contributed by atoms with E-state index in [1.165, 1.54) is 0 Å². The molecule has 0 aliphatic heterocycles. The molecule has 1 aromatic heterocycles. The van der Waals surface area contributed by atoms with Crippen LogP contribution in [0.2, 0.25) is 0 Å². The van der Waals surface area contributed by atoms with Gasteiger partial charge in [0.25, 0.3) is 0 Å². The third-order valence-corrected chi connectivity index (χ3v) is 2.60. The molecule has 2 rings (SSSR count). The van der Waals surface area contributed by atoms with E-state index in [1.54, 1.807) is 12.3 Å². The fraction of sp³-hybridized carbons (Fsp3) is 0.273. The predicted octanol–water partition coefficient (Wildman–Crippen LogP) is 4.54. The molecule has 1 aromatic carbocycles. The van der Waals surface area contributed by atoms with Crippen LogP contribution >= 0.6 is 15.9 Å². The molecule has 1 heterocycles. The Balaban J connectivity index is 0.000000531. The van der Waals surface area contributed by atoms with Crippen molar-refractivity contribution >= 4 is 26.8 Å². The number of benzene rings is 1. The number of hydrogen-bond acceptors (Lipinski definition) is 0. The maximum absolute atomic E-state index is 13.2. The monoisotopic (exact) mass is 275 g/mol. The Morgan fingerprint density at radius 3 is 2.40 bits per heavy atom. The number of fused-ring (bicyclic) bond motifs is 1. The van der Waals surface area contributed by atoms with Crippen molar-refractivity contribution in [2.24, 2.45) is 0 Å². The number of nitrogens with one attached hydrogen (secondary N) is 1. The molecule has 0 unspecified atom stereocenters. The lowest BCUT2D eigenvalue weighted by molar-refractivity contribution is 0.511. The minimum absolute atomic E-state index is 0.153. The molecule has 0 saturated heterocycles. The highest BCUT2D eigenvalue weighted by Crippen LogP contribution is 2.28. The molecule has 15 heavy (non-hydrogen) atoms. The highest BCUT2D eigenvalue weighted by atomic mass is 79.9. The lowest BCUT2D eigenvalue weighted by Gasteiger charge is -1.98. The average Bonchev–Trinajstić information content (AvgIpc) is 2.61. The molecule has 0 spiro atoms. The minimum Gasteiger partial charge on any atom is -0.358 e. The zero-order chi connectivity index (χ0) is 11.6. The second-order valence-electron chi connectivity index (χ2n) is 2.88. The second-order valence-corrected chi connectivity index (χ2v) is 3.73. The standard InChI is InChI=1S/C9H6BrF2N.C2H6/c1-4-3-13-9-5(4)2-6(10)7(11)8(9)12;1-2/h2-3,13H,1H3;1-2H3. The first kappa shape index (κ1) is 12.2. The highest BCUT2D eigenvalue weighted by molar-refractivity contribution is 9.10. The molecular formula is C11H12BrF2N. The van der Waals surface area contributed by atoms with E-state index in [-0.39, 0.29) is 9.99 Å². The first-order chi connectivity index (χ1) is 7.11. The van der Waals surface area contributed by atoms with Crippen LogP contribution in [0.4, 0.5) is 8.78 Å². The topological polar surface area (TPSA) is 15.8 Å². The minimum atomic E-state index is -0.852. The summed E-state index contributed by atoms with van der Waals surface area (Å²) >= 11 is 2.96. The van der Waals surface area contributed by atoms with Crippen molar-refractivity contribution in [2.75, 3.05) is 0 Å². The molecule has 1 nitrogen and oxygen atoms in total. The summed E-state index contributed by atoms with van der Waals surface area (Å²) in [5, 5.41) is 0.700. The number of rotatable bonds is 0. The van der Waals surface area contributed by atoms with Gasteiger partial charge in [-0.15, -0.1) is 0 Å². The van der Waals surface area contributed by atoms with Gasteiger partial charge in [0.15, 0.2) is 11.6 Å². The molecule has 0 fully saturated rings. The zero-order valence-electron chi connectivity index (χ0n) is 8.79. The quantitative estimate of drug-likeness (QED) is 0.680. The van der Waals surface area contributed by atoms with Crippen LogP contribution in [0.5, 0.6) is 0 Å². The van der Waals surface area contributed by atoms with Crippen molar-refractivity contribution in [1.82, 2.24) is 4.98 Å². The second kappa shape index (κ2) is 4.75. The fourth-order valence-electron chi connectivity index (χ4n) is 1.31. The van der Waals surface area contributed by atoms with Gasteiger partial charge in [-0.1, -0.05) is 13.8 Å². The van der Waals surface area contributed by atoms with Crippen LogP contribution in [0.15, 0.2) is 16.7 Å². The van der Waals surface area contributed by atoms with Crippen molar-refractivity contribution in [3.05, 3.63) is 33.9 Å². The summed E-state index contributed by atoms with van der Waals surface area (Å²) in [4.78, 5) is 2.69. The van der Waals surface area contributed by atoms with E-state index < -0.39 is 11.6 Å². The number of aromatic nitrogens is 1. The third kappa shape index (κ3) is 2.04. The normalized spacial score (nSPS) is 10.0. The molecule has 0 bridgehead atoms. The fourth-order valence-corrected chi connectivity index (χ4v) is 1.71. The number of aryl methyl sites for hydroxylation is 1. The SMILES string of the molecule is CC.Cc1c[nH]c2c(F)c(F)c(Br)cc12. The van der Waals surface area contributed by atoms with Crippen LogP contribution in [-0.4, -0.2) is 4.98 Å². The van der Waals surface area contributed by atoms with Gasteiger partial charge in [0, 0.05) is 11.6 Å². The van der Waals surface area contributed by atoms with Crippen LogP contribution < -0.4 is 0 Å². The molecule has 1 N–H and O–H groups in total. The maximum Gasteiger partial charge on any atom is 0.183 e. The van der Waals surface area contributed by atoms with E-state index >= 15 is 0 Å². The van der Waals surface area contributed by atoms with Gasteiger partial charge in [-0.3, -0.25) is 0 Å². The smallest absolute Gasteiger partial charge is 0.183 e. The Hall–Kier alpha value is -0.900. The van der Waals surface area contributed by atoms with Gasteiger partial charge < -0.3 is 4.98 Å². The van der Waals surface area contributed by atoms with Gasteiger partial charge in [-0.25, -0.2) is 8.78 Å². The molecule has 0 saturated carbocycles. The molecule has 0 radical (unpaired) electrons. The van der Waals surface area contributed by atoms with E-state index in [0.29, 0.717) is 5.39 Å². The number of H-pyrrole nitrogens is 1. The largest absolute Gasteiger partial charge is 0.358 e. The maximum atomic E-state index is 13.2. The van der Waals surface area contributed by atoms with Crippen LogP contribution in [0.3, 0.4) is 0 Å². The van der Waals surface area contributed by atoms with E-state index in [4.69, 9.17) is 0 Å². The summed E-state index contributed by atoms with van der Waals surface area (Å²) in [7, 11) is 0. The zero-order valence-corrected chi connectivity index (χ0v) is 10.4. The summed E-state index contributed by atoms with van der Waals surface area (Å²) in [6, 6.07) is 1.57. The van der Waals surface area contributed by atoms with Crippen LogP contribution in [0.1, 0.15) is 19.4 Å². The van der Waals surface area contributed by atoms with Crippen molar-refractivity contribution in [3.63, 3.8) is 0 Å². The van der Waals surface area contributed by atoms with Crippen LogP contribution in [-0.2, 0) is 0 Å². The molecule has 2 aromatic rings. The van der Waals surface area contributed by atoms with Crippen molar-refractivity contribution in [2.45, 2.75) is 20.8 Å². The van der Waals surface area contributed by atoms with Gasteiger partial charge in [0.05, 0.1) is 9.99 Å². The van der Waals surface area contributed by atoms with Crippen molar-refractivity contribution in [3.8, 4) is 0 Å². The van der Waals surface area contributed by atoms with E-state index in [9.17, 15) is 8.78 Å². The molecule has 4 heteroatoms. The molecule has 0 aliphatic carbocycles. The van der Waals surface area contributed by atoms with Gasteiger partial charge in [-0.2, -0.15) is 0 Å². The highest BCUT2D eigenvalue weighted by Gasteiger charge is 2.13. The molecule has 0 aliphatic rings. The molecule has 82 valence electrons. The Bertz CT molecular complexity index is 477. The lowest BCUT2D eigenvalue weighted by Crippen LogP contribution is -1.87. The van der Waals surface area contributed by atoms with Crippen LogP contribution in [0.25, 0.3) is 10.9 Å². The van der Waals surface area contributed by atoms with Gasteiger partial charge >= 0.3 is 0 Å². The lowest BCUT2D eigenvalue weighted by atomic mass is 10.2. The first-order valence-corrected chi connectivity index (χ1v) is 5.51. The van der Waals surface area contributed by atoms with Gasteiger partial charge in [-0.05, 0) is 34.5 Å². The summed E-state index contributed by atoms with van der Waals surface area (Å²) in [5.41, 5.74) is 1.12. The summed E-state index contributed by atoms with van der Waals surface area (Å²) in [6.07, 6.45) is 1.65. The summed E-state index contributed by atoms with van der Waals surface area (Å²) in [6.45, 7) is 5.84. The van der Waals surface area contributed by atoms with Crippen molar-refractivity contribution in [1.29, 1.82) is 0 Å². The Kier molecular flexibility index (Phi) is 3.85. The van der Waals surface area contributed by atoms with Crippen LogP contribution in [0, 0.1) is 18.6 Å². The van der Waals surface area contributed by atoms with Gasteiger partial charge in [0.1, 0.15) is 0 Å². The first-order valence-electron chi connectivity index (χ1n) is 4.72. The number of hydrogen-bond donors (Lipinski definition) is 1. The Labute approximate surface area is 95.6 Å². The third-order valence-electron chi connectivity index (χ3n) is 2.02. The Morgan fingerprint density at radius 2 is 1.80 bits per heavy atom. The number of aromatic amines is 1. The Morgan fingerprint density at radius 1 is 1.20 bits per heavy atom. The summed E-state index contributed by atoms with van der Waals surface area (Å²) in [5.74, 6) is -1.69. The van der Waals surface area contributed by atoms with Crippen molar-refractivity contribution < 1.29 is 8.78 Å². The van der Waals surface area contributed by atoms with E-state index in [0.717, 1.165) is 5.56 Å². The molecular weight excluding hydrogens is 264 g/mol. The van der Waals surface area contributed by atoms with E-state index in [2.05, 4.69) is 20.9 Å². The van der Waals surface area contributed by atoms with E-state index in [1.807, 2.05) is 20.8 Å². The number of halogens is 3. The molecule has 0 amide bonds. The predicted molar refractivity (Wildman–Crippen MR) is 62.0 cm³/mol. The van der Waals surface area contributed by atoms with Gasteiger partial charge in [0.2, 0.25) is 0 Å². The average molecular weight is 276 g/mol. The summed E-state index contributed by atoms with van der Waals surface area (Å²) < 4.78 is 26.4. The molecule has 0 atom stereocenters.